The van der Waals surface area contributed by atoms with Crippen molar-refractivity contribution in [1.82, 2.24) is 4.98 Å². The summed E-state index contributed by atoms with van der Waals surface area (Å²) < 4.78 is 10.8. The highest BCUT2D eigenvalue weighted by Crippen LogP contribution is 2.14. The Morgan fingerprint density at radius 3 is 2.26 bits per heavy atom. The fourth-order valence-electron chi connectivity index (χ4n) is 2.54. The van der Waals surface area contributed by atoms with E-state index in [1.807, 2.05) is 30.3 Å². The Balaban J connectivity index is 1.43. The molecule has 2 aromatic rings. The van der Waals surface area contributed by atoms with Crippen LogP contribution < -0.4 is 9.47 Å². The van der Waals surface area contributed by atoms with Crippen molar-refractivity contribution in [2.45, 2.75) is 44.9 Å². The highest BCUT2D eigenvalue weighted by atomic mass is 16.5. The first-order valence-corrected chi connectivity index (χ1v) is 8.55. The van der Waals surface area contributed by atoms with Gasteiger partial charge < -0.3 is 9.47 Å². The number of methoxy groups -OCH3 is 1. The summed E-state index contributed by atoms with van der Waals surface area (Å²) in [7, 11) is 1.70. The molecule has 0 aliphatic carbocycles. The minimum Gasteiger partial charge on any atom is -0.497 e. The number of aryl methyl sites for hydroxylation is 1. The monoisotopic (exact) mass is 313 g/mol. The molecule has 3 heteroatoms. The summed E-state index contributed by atoms with van der Waals surface area (Å²) >= 11 is 0. The third-order valence-electron chi connectivity index (χ3n) is 3.91. The lowest BCUT2D eigenvalue weighted by Gasteiger charge is -2.05. The van der Waals surface area contributed by atoms with Gasteiger partial charge in [0.1, 0.15) is 5.75 Å². The van der Waals surface area contributed by atoms with E-state index in [1.165, 1.54) is 37.7 Å². The van der Waals surface area contributed by atoms with Crippen LogP contribution in [0.2, 0.25) is 0 Å². The topological polar surface area (TPSA) is 31.4 Å². The fourth-order valence-corrected chi connectivity index (χ4v) is 2.54. The molecule has 3 nitrogen and oxygen atoms in total. The largest absolute Gasteiger partial charge is 0.497 e. The van der Waals surface area contributed by atoms with Crippen molar-refractivity contribution >= 4 is 0 Å². The van der Waals surface area contributed by atoms with Gasteiger partial charge in [0.15, 0.2) is 0 Å². The van der Waals surface area contributed by atoms with Crippen molar-refractivity contribution in [3.05, 3.63) is 54.2 Å². The third-order valence-corrected chi connectivity index (χ3v) is 3.91. The van der Waals surface area contributed by atoms with Gasteiger partial charge in [0.05, 0.1) is 13.7 Å². The lowest BCUT2D eigenvalue weighted by molar-refractivity contribution is 0.293. The second kappa shape index (κ2) is 10.7. The number of rotatable bonds is 11. The molecule has 0 fully saturated rings. The van der Waals surface area contributed by atoms with Crippen molar-refractivity contribution in [3.8, 4) is 11.6 Å². The van der Waals surface area contributed by atoms with Gasteiger partial charge in [-0.05, 0) is 43.0 Å². The minimum absolute atomic E-state index is 0.729. The van der Waals surface area contributed by atoms with Gasteiger partial charge in [0, 0.05) is 12.3 Å². The average Bonchev–Trinajstić information content (AvgIpc) is 2.61. The van der Waals surface area contributed by atoms with Crippen LogP contribution in [0.1, 0.15) is 44.1 Å². The summed E-state index contributed by atoms with van der Waals surface area (Å²) in [4.78, 5) is 4.15. The van der Waals surface area contributed by atoms with Gasteiger partial charge in [-0.25, -0.2) is 4.98 Å². The molecule has 0 N–H and O–H groups in total. The summed E-state index contributed by atoms with van der Waals surface area (Å²) in [5, 5.41) is 0. The van der Waals surface area contributed by atoms with Crippen LogP contribution in [-0.4, -0.2) is 18.7 Å². The van der Waals surface area contributed by atoms with Gasteiger partial charge >= 0.3 is 0 Å². The third kappa shape index (κ3) is 7.18. The number of hydrogen-bond acceptors (Lipinski definition) is 3. The Morgan fingerprint density at radius 1 is 0.826 bits per heavy atom. The maximum Gasteiger partial charge on any atom is 0.213 e. The van der Waals surface area contributed by atoms with Crippen LogP contribution in [0.15, 0.2) is 48.7 Å². The maximum atomic E-state index is 5.59. The van der Waals surface area contributed by atoms with Gasteiger partial charge in [0.25, 0.3) is 0 Å². The quantitative estimate of drug-likeness (QED) is 0.544. The normalized spacial score (nSPS) is 10.5. The van der Waals surface area contributed by atoms with E-state index in [0.29, 0.717) is 0 Å². The fraction of sp³-hybridized carbons (Fsp3) is 0.450. The van der Waals surface area contributed by atoms with Crippen LogP contribution in [0.5, 0.6) is 11.6 Å². The Hall–Kier alpha value is -2.03. The van der Waals surface area contributed by atoms with Crippen molar-refractivity contribution in [1.29, 1.82) is 0 Å². The van der Waals surface area contributed by atoms with E-state index in [1.54, 1.807) is 13.3 Å². The van der Waals surface area contributed by atoms with Crippen molar-refractivity contribution in [2.24, 2.45) is 0 Å². The first-order chi connectivity index (χ1) is 11.4. The molecule has 2 rings (SSSR count). The first-order valence-electron chi connectivity index (χ1n) is 8.55. The van der Waals surface area contributed by atoms with E-state index in [-0.39, 0.29) is 0 Å². The molecule has 0 atom stereocenters. The van der Waals surface area contributed by atoms with Crippen LogP contribution >= 0.6 is 0 Å². The number of hydrogen-bond donors (Lipinski definition) is 0. The van der Waals surface area contributed by atoms with Gasteiger partial charge in [-0.1, -0.05) is 43.9 Å². The zero-order chi connectivity index (χ0) is 16.2. The Morgan fingerprint density at radius 2 is 1.57 bits per heavy atom. The SMILES string of the molecule is COc1ccc(CCCCCCCCOc2ccccn2)cc1. The molecular weight excluding hydrogens is 286 g/mol. The molecule has 0 saturated heterocycles. The number of aromatic nitrogens is 1. The first kappa shape index (κ1) is 17.3. The van der Waals surface area contributed by atoms with E-state index < -0.39 is 0 Å². The van der Waals surface area contributed by atoms with E-state index in [4.69, 9.17) is 9.47 Å². The average molecular weight is 313 g/mol. The predicted octanol–water partition coefficient (Wildman–Crippen LogP) is 5.05. The van der Waals surface area contributed by atoms with Crippen LogP contribution in [0, 0.1) is 0 Å². The summed E-state index contributed by atoms with van der Waals surface area (Å²) in [5.41, 5.74) is 1.40. The molecule has 0 amide bonds. The Kier molecular flexibility index (Phi) is 8.03. The number of unbranched alkanes of at least 4 members (excludes halogenated alkanes) is 5. The Bertz CT molecular complexity index is 525. The van der Waals surface area contributed by atoms with Gasteiger partial charge in [0.2, 0.25) is 5.88 Å². The molecule has 0 spiro atoms. The van der Waals surface area contributed by atoms with E-state index in [0.717, 1.165) is 31.1 Å². The van der Waals surface area contributed by atoms with Gasteiger partial charge in [-0.3, -0.25) is 0 Å². The summed E-state index contributed by atoms with van der Waals surface area (Å²) in [6, 6.07) is 14.2. The molecule has 0 radical (unpaired) electrons. The molecule has 1 heterocycles. The van der Waals surface area contributed by atoms with Gasteiger partial charge in [-0.15, -0.1) is 0 Å². The molecule has 23 heavy (non-hydrogen) atoms. The standard InChI is InChI=1S/C20H27NO2/c1-22-19-14-12-18(13-15-19)10-6-4-2-3-5-9-17-23-20-11-7-8-16-21-20/h7-8,11-16H,2-6,9-10,17H2,1H3. The minimum atomic E-state index is 0.729. The second-order valence-corrected chi connectivity index (χ2v) is 5.74. The number of ether oxygens (including phenoxy) is 2. The molecule has 0 aliphatic heterocycles. The molecular formula is C20H27NO2. The zero-order valence-electron chi connectivity index (χ0n) is 14.0. The molecule has 124 valence electrons. The predicted molar refractivity (Wildman–Crippen MR) is 94.1 cm³/mol. The molecule has 1 aromatic carbocycles. The van der Waals surface area contributed by atoms with Crippen molar-refractivity contribution in [2.75, 3.05) is 13.7 Å². The van der Waals surface area contributed by atoms with Crippen LogP contribution in [0.4, 0.5) is 0 Å². The van der Waals surface area contributed by atoms with Crippen molar-refractivity contribution in [3.63, 3.8) is 0 Å². The summed E-state index contributed by atoms with van der Waals surface area (Å²) in [5.74, 6) is 1.66. The van der Waals surface area contributed by atoms with E-state index >= 15 is 0 Å². The summed E-state index contributed by atoms with van der Waals surface area (Å²) in [6.45, 7) is 0.767. The van der Waals surface area contributed by atoms with E-state index in [9.17, 15) is 0 Å². The van der Waals surface area contributed by atoms with Gasteiger partial charge in [-0.2, -0.15) is 0 Å². The highest BCUT2D eigenvalue weighted by Gasteiger charge is 1.97. The number of benzene rings is 1. The van der Waals surface area contributed by atoms with Crippen molar-refractivity contribution < 1.29 is 9.47 Å². The van der Waals surface area contributed by atoms with E-state index in [2.05, 4.69) is 17.1 Å². The molecule has 0 bridgehead atoms. The van der Waals surface area contributed by atoms with Crippen LogP contribution in [0.3, 0.4) is 0 Å². The number of nitrogens with zero attached hydrogens (tertiary/aromatic N) is 1. The van der Waals surface area contributed by atoms with Crippen LogP contribution in [0.25, 0.3) is 0 Å². The van der Waals surface area contributed by atoms with Crippen LogP contribution in [-0.2, 0) is 6.42 Å². The number of pyridine rings is 1. The summed E-state index contributed by atoms with van der Waals surface area (Å²) in [6.07, 6.45) is 10.4. The Labute approximate surface area is 139 Å². The molecule has 1 aromatic heterocycles. The smallest absolute Gasteiger partial charge is 0.213 e. The zero-order valence-corrected chi connectivity index (χ0v) is 14.0. The maximum absolute atomic E-state index is 5.59. The lowest BCUT2D eigenvalue weighted by Crippen LogP contribution is -1.98. The molecule has 0 unspecified atom stereocenters. The highest BCUT2D eigenvalue weighted by molar-refractivity contribution is 5.27. The lowest BCUT2D eigenvalue weighted by atomic mass is 10.0. The molecule has 0 aliphatic rings. The second-order valence-electron chi connectivity index (χ2n) is 5.74. The molecule has 0 saturated carbocycles.